The Morgan fingerprint density at radius 2 is 2.00 bits per heavy atom. The summed E-state index contributed by atoms with van der Waals surface area (Å²) in [7, 11) is 0. The Bertz CT molecular complexity index is 670. The minimum atomic E-state index is -4.56. The number of carbonyl (C=O) groups is 1. The zero-order valence-corrected chi connectivity index (χ0v) is 15.0. The number of H-pyrrole nitrogens is 1. The normalized spacial score (nSPS) is 18.0. The average molecular weight is 375 g/mol. The molecule has 2 rings (SSSR count). The second-order valence-electron chi connectivity index (χ2n) is 7.49. The van der Waals surface area contributed by atoms with E-state index in [1.165, 1.54) is 13.8 Å². The number of aliphatic hydroxyl groups is 1. The van der Waals surface area contributed by atoms with Crippen molar-refractivity contribution in [3.8, 4) is 0 Å². The molecule has 0 unspecified atom stereocenters. The summed E-state index contributed by atoms with van der Waals surface area (Å²) < 4.78 is 38.0. The van der Waals surface area contributed by atoms with E-state index < -0.39 is 22.9 Å². The van der Waals surface area contributed by atoms with Gasteiger partial charge in [-0.2, -0.15) is 18.3 Å². The van der Waals surface area contributed by atoms with Crippen LogP contribution < -0.4 is 10.6 Å². The minimum Gasteiger partial charge on any atom is -0.389 e. The first kappa shape index (κ1) is 20.2. The fourth-order valence-corrected chi connectivity index (χ4v) is 2.68. The van der Waals surface area contributed by atoms with Gasteiger partial charge in [-0.25, -0.2) is 4.99 Å². The lowest BCUT2D eigenvalue weighted by Gasteiger charge is -2.23. The predicted octanol–water partition coefficient (Wildman–Crippen LogP) is 2.66. The Kier molecular flexibility index (Phi) is 5.64. The van der Waals surface area contributed by atoms with Crippen molar-refractivity contribution in [3.63, 3.8) is 0 Å². The second kappa shape index (κ2) is 7.26. The number of amides is 1. The highest BCUT2D eigenvalue weighted by molar-refractivity contribution is 6.05. The number of guanidine groups is 1. The van der Waals surface area contributed by atoms with Gasteiger partial charge in [-0.1, -0.05) is 19.8 Å². The smallest absolute Gasteiger partial charge is 0.389 e. The number of carbonyl (C=O) groups excluding carboxylic acids is 1. The lowest BCUT2D eigenvalue weighted by atomic mass is 9.88. The molecule has 0 spiro atoms. The molecular weight excluding hydrogens is 351 g/mol. The standard InChI is InChI=1S/C16H24F3N5O2/c1-14(2,26)9-20-13(22-12(25)15(3)6-4-5-7-15)21-11-8-10(23-24-11)16(17,18)19/h8,26H,4-7,9H2,1-3H3,(H3,20,21,22,23,24,25). The average Bonchev–Trinajstić information content (AvgIpc) is 3.13. The Morgan fingerprint density at radius 3 is 2.50 bits per heavy atom. The van der Waals surface area contributed by atoms with E-state index in [1.807, 2.05) is 12.0 Å². The van der Waals surface area contributed by atoms with Gasteiger partial charge in [0.15, 0.2) is 5.82 Å². The highest BCUT2D eigenvalue weighted by Gasteiger charge is 2.37. The highest BCUT2D eigenvalue weighted by Crippen LogP contribution is 2.37. The lowest BCUT2D eigenvalue weighted by Crippen LogP contribution is -2.44. The largest absolute Gasteiger partial charge is 0.432 e. The molecule has 1 heterocycles. The molecule has 0 radical (unpaired) electrons. The van der Waals surface area contributed by atoms with E-state index in [0.29, 0.717) is 0 Å². The van der Waals surface area contributed by atoms with Gasteiger partial charge < -0.3 is 10.4 Å². The van der Waals surface area contributed by atoms with Crippen molar-refractivity contribution in [1.82, 2.24) is 15.5 Å². The Morgan fingerprint density at radius 1 is 1.38 bits per heavy atom. The molecule has 0 aliphatic heterocycles. The van der Waals surface area contributed by atoms with Crippen LogP contribution in [0.4, 0.5) is 19.0 Å². The molecule has 146 valence electrons. The van der Waals surface area contributed by atoms with Crippen molar-refractivity contribution < 1.29 is 23.1 Å². The van der Waals surface area contributed by atoms with E-state index in [9.17, 15) is 23.1 Å². The number of nitrogens with zero attached hydrogens (tertiary/aromatic N) is 2. The van der Waals surface area contributed by atoms with Gasteiger partial charge in [0, 0.05) is 11.5 Å². The molecule has 1 aliphatic rings. The predicted molar refractivity (Wildman–Crippen MR) is 90.5 cm³/mol. The van der Waals surface area contributed by atoms with Crippen molar-refractivity contribution in [2.45, 2.75) is 58.2 Å². The van der Waals surface area contributed by atoms with Crippen LogP contribution in [0.25, 0.3) is 0 Å². The Labute approximate surface area is 149 Å². The maximum Gasteiger partial charge on any atom is 0.432 e. The third-order valence-electron chi connectivity index (χ3n) is 4.24. The number of aliphatic imine (C=N–C) groups is 1. The summed E-state index contributed by atoms with van der Waals surface area (Å²) in [5.74, 6) is -0.447. The van der Waals surface area contributed by atoms with Crippen LogP contribution in [-0.2, 0) is 11.0 Å². The summed E-state index contributed by atoms with van der Waals surface area (Å²) >= 11 is 0. The van der Waals surface area contributed by atoms with Gasteiger partial charge in [0.25, 0.3) is 0 Å². The SMILES string of the molecule is CC(C)(O)CN=C(NC(=O)C1(C)CCCC1)Nc1cc(C(F)(F)F)[nH]n1. The van der Waals surface area contributed by atoms with Gasteiger partial charge in [-0.05, 0) is 26.7 Å². The zero-order valence-electron chi connectivity index (χ0n) is 15.0. The van der Waals surface area contributed by atoms with Crippen LogP contribution >= 0.6 is 0 Å². The van der Waals surface area contributed by atoms with Crippen LogP contribution in [0, 0.1) is 5.41 Å². The van der Waals surface area contributed by atoms with Gasteiger partial charge in [-0.3, -0.25) is 15.2 Å². The molecular formula is C16H24F3N5O2. The topological polar surface area (TPSA) is 102 Å². The first-order chi connectivity index (χ1) is 11.9. The number of halogens is 3. The lowest BCUT2D eigenvalue weighted by molar-refractivity contribution is -0.141. The van der Waals surface area contributed by atoms with Gasteiger partial charge in [-0.15, -0.1) is 0 Å². The van der Waals surface area contributed by atoms with Crippen LogP contribution in [0.5, 0.6) is 0 Å². The van der Waals surface area contributed by atoms with E-state index >= 15 is 0 Å². The summed E-state index contributed by atoms with van der Waals surface area (Å²) in [6, 6.07) is 0.781. The van der Waals surface area contributed by atoms with Crippen molar-refractivity contribution in [3.05, 3.63) is 11.8 Å². The van der Waals surface area contributed by atoms with Crippen LogP contribution in [0.2, 0.25) is 0 Å². The molecule has 0 aromatic carbocycles. The molecule has 1 aliphatic carbocycles. The molecule has 7 nitrogen and oxygen atoms in total. The van der Waals surface area contributed by atoms with Gasteiger partial charge >= 0.3 is 6.18 Å². The quantitative estimate of drug-likeness (QED) is 0.480. The molecule has 1 amide bonds. The number of hydrogen-bond donors (Lipinski definition) is 4. The number of rotatable bonds is 4. The van der Waals surface area contributed by atoms with Crippen LogP contribution in [-0.4, -0.2) is 39.3 Å². The van der Waals surface area contributed by atoms with Gasteiger partial charge in [0.2, 0.25) is 11.9 Å². The second-order valence-corrected chi connectivity index (χ2v) is 7.49. The maximum absolute atomic E-state index is 12.7. The van der Waals surface area contributed by atoms with Crippen LogP contribution in [0.1, 0.15) is 52.1 Å². The summed E-state index contributed by atoms with van der Waals surface area (Å²) in [4.78, 5) is 16.6. The number of hydrogen-bond acceptors (Lipinski definition) is 4. The number of aromatic nitrogens is 2. The van der Waals surface area contributed by atoms with Crippen LogP contribution in [0.3, 0.4) is 0 Å². The number of aromatic amines is 1. The molecule has 10 heteroatoms. The molecule has 4 N–H and O–H groups in total. The molecule has 1 aromatic rings. The number of nitrogens with one attached hydrogen (secondary N) is 3. The molecule has 1 fully saturated rings. The summed E-state index contributed by atoms with van der Waals surface area (Å²) in [6.45, 7) is 4.86. The van der Waals surface area contributed by atoms with Gasteiger partial charge in [0.1, 0.15) is 5.69 Å². The van der Waals surface area contributed by atoms with E-state index in [4.69, 9.17) is 0 Å². The van der Waals surface area contributed by atoms with E-state index in [2.05, 4.69) is 20.7 Å². The van der Waals surface area contributed by atoms with E-state index in [0.717, 1.165) is 31.7 Å². The number of alkyl halides is 3. The molecule has 1 aromatic heterocycles. The summed E-state index contributed by atoms with van der Waals surface area (Å²) in [5.41, 5.74) is -2.70. The fraction of sp³-hybridized carbons (Fsp3) is 0.688. The van der Waals surface area contributed by atoms with Crippen molar-refractivity contribution in [2.75, 3.05) is 11.9 Å². The molecule has 0 saturated heterocycles. The van der Waals surface area contributed by atoms with E-state index in [-0.39, 0.29) is 24.2 Å². The Hall–Kier alpha value is -2.10. The molecule has 0 bridgehead atoms. The monoisotopic (exact) mass is 375 g/mol. The van der Waals surface area contributed by atoms with Crippen molar-refractivity contribution >= 4 is 17.7 Å². The molecule has 0 atom stereocenters. The highest BCUT2D eigenvalue weighted by atomic mass is 19.4. The molecule has 26 heavy (non-hydrogen) atoms. The van der Waals surface area contributed by atoms with Crippen molar-refractivity contribution in [1.29, 1.82) is 0 Å². The minimum absolute atomic E-state index is 0.0505. The fourth-order valence-electron chi connectivity index (χ4n) is 2.68. The molecule has 1 saturated carbocycles. The summed E-state index contributed by atoms with van der Waals surface area (Å²) in [5, 5.41) is 20.4. The zero-order chi connectivity index (χ0) is 19.6. The van der Waals surface area contributed by atoms with E-state index in [1.54, 1.807) is 0 Å². The first-order valence-electron chi connectivity index (χ1n) is 8.37. The third kappa shape index (κ3) is 5.45. The third-order valence-corrected chi connectivity index (χ3v) is 4.24. The summed E-state index contributed by atoms with van der Waals surface area (Å²) in [6.07, 6.45) is -1.20. The Balaban J connectivity index is 2.16. The van der Waals surface area contributed by atoms with Gasteiger partial charge in [0.05, 0.1) is 12.1 Å². The van der Waals surface area contributed by atoms with Crippen LogP contribution in [0.15, 0.2) is 11.1 Å². The number of anilines is 1. The maximum atomic E-state index is 12.7. The first-order valence-corrected chi connectivity index (χ1v) is 8.37. The van der Waals surface area contributed by atoms with Crippen molar-refractivity contribution in [2.24, 2.45) is 10.4 Å².